The summed E-state index contributed by atoms with van der Waals surface area (Å²) in [5, 5.41) is 0. The van der Waals surface area contributed by atoms with Crippen LogP contribution < -0.4 is 0 Å². The first-order valence-electron chi connectivity index (χ1n) is 7.74. The van der Waals surface area contributed by atoms with E-state index in [1.807, 2.05) is 0 Å². The third kappa shape index (κ3) is 4.01. The van der Waals surface area contributed by atoms with Crippen LogP contribution in [-0.2, 0) is 11.3 Å². The van der Waals surface area contributed by atoms with Crippen LogP contribution in [0.25, 0.3) is 22.2 Å². The summed E-state index contributed by atoms with van der Waals surface area (Å²) in [7, 11) is 1.11. The standard InChI is InChI=1S/C18H15F4N3O/c1-24(11-18(20,21)22)17(26)10-25-7-6-15-16(25)8-13(9-23-15)12-2-4-14(19)5-3-12/h2-9H,10-11H2,1H3. The first-order chi connectivity index (χ1) is 12.2. The van der Waals surface area contributed by atoms with Crippen molar-refractivity contribution in [1.29, 1.82) is 0 Å². The van der Waals surface area contributed by atoms with Crippen LogP contribution in [-0.4, -0.2) is 40.1 Å². The lowest BCUT2D eigenvalue weighted by Crippen LogP contribution is -2.37. The number of benzene rings is 1. The molecule has 4 nitrogen and oxygen atoms in total. The molecule has 3 aromatic rings. The monoisotopic (exact) mass is 365 g/mol. The van der Waals surface area contributed by atoms with E-state index in [1.165, 1.54) is 12.1 Å². The lowest BCUT2D eigenvalue weighted by atomic mass is 10.1. The first-order valence-corrected chi connectivity index (χ1v) is 7.74. The summed E-state index contributed by atoms with van der Waals surface area (Å²) in [6, 6.07) is 9.32. The molecule has 0 atom stereocenters. The van der Waals surface area contributed by atoms with Crippen molar-refractivity contribution in [2.45, 2.75) is 12.7 Å². The Labute approximate surface area is 146 Å². The van der Waals surface area contributed by atoms with E-state index in [1.54, 1.807) is 41.2 Å². The Morgan fingerprint density at radius 1 is 1.15 bits per heavy atom. The zero-order valence-corrected chi connectivity index (χ0v) is 13.8. The molecule has 8 heteroatoms. The summed E-state index contributed by atoms with van der Waals surface area (Å²) >= 11 is 0. The number of likely N-dealkylation sites (N-methyl/N-ethyl adjacent to an activating group) is 1. The van der Waals surface area contributed by atoms with E-state index in [0.29, 0.717) is 21.5 Å². The van der Waals surface area contributed by atoms with Crippen LogP contribution in [0.15, 0.2) is 48.8 Å². The van der Waals surface area contributed by atoms with Gasteiger partial charge in [0.2, 0.25) is 5.91 Å². The third-order valence-corrected chi connectivity index (χ3v) is 3.94. The van der Waals surface area contributed by atoms with Gasteiger partial charge in [-0.15, -0.1) is 0 Å². The number of fused-ring (bicyclic) bond motifs is 1. The highest BCUT2D eigenvalue weighted by Gasteiger charge is 2.31. The molecule has 0 aliphatic rings. The molecule has 0 aliphatic carbocycles. The van der Waals surface area contributed by atoms with E-state index in [4.69, 9.17) is 0 Å². The number of rotatable bonds is 4. The highest BCUT2D eigenvalue weighted by atomic mass is 19.4. The van der Waals surface area contributed by atoms with Crippen LogP contribution in [0.4, 0.5) is 17.6 Å². The van der Waals surface area contributed by atoms with E-state index < -0.39 is 18.6 Å². The summed E-state index contributed by atoms with van der Waals surface area (Å²) in [6.07, 6.45) is -1.22. The summed E-state index contributed by atoms with van der Waals surface area (Å²) in [5.74, 6) is -1.02. The summed E-state index contributed by atoms with van der Waals surface area (Å²) in [5.41, 5.74) is 2.69. The van der Waals surface area contributed by atoms with Gasteiger partial charge < -0.3 is 9.47 Å². The van der Waals surface area contributed by atoms with Gasteiger partial charge in [-0.3, -0.25) is 9.78 Å². The van der Waals surface area contributed by atoms with Gasteiger partial charge in [-0.2, -0.15) is 13.2 Å². The molecule has 0 bridgehead atoms. The molecule has 1 amide bonds. The number of carbonyl (C=O) groups is 1. The number of nitrogens with zero attached hydrogens (tertiary/aromatic N) is 3. The Bertz CT molecular complexity index is 932. The SMILES string of the molecule is CN(CC(F)(F)F)C(=O)Cn1ccc2ncc(-c3ccc(F)cc3)cc21. The minimum atomic E-state index is -4.44. The maximum absolute atomic E-state index is 13.1. The predicted molar refractivity (Wildman–Crippen MR) is 88.8 cm³/mol. The predicted octanol–water partition coefficient (Wildman–Crippen LogP) is 3.86. The van der Waals surface area contributed by atoms with E-state index >= 15 is 0 Å². The maximum atomic E-state index is 13.1. The van der Waals surface area contributed by atoms with Gasteiger partial charge in [0.15, 0.2) is 0 Å². The fourth-order valence-electron chi connectivity index (χ4n) is 2.62. The zero-order chi connectivity index (χ0) is 18.9. The normalized spacial score (nSPS) is 11.7. The Morgan fingerprint density at radius 3 is 2.50 bits per heavy atom. The van der Waals surface area contributed by atoms with Crippen molar-refractivity contribution < 1.29 is 22.4 Å². The third-order valence-electron chi connectivity index (χ3n) is 3.94. The van der Waals surface area contributed by atoms with Crippen LogP contribution in [0, 0.1) is 5.82 Å². The van der Waals surface area contributed by atoms with Gasteiger partial charge >= 0.3 is 6.18 Å². The second kappa shape index (κ2) is 6.78. The van der Waals surface area contributed by atoms with E-state index in [0.717, 1.165) is 12.6 Å². The molecule has 0 spiro atoms. The van der Waals surface area contributed by atoms with Gasteiger partial charge in [0.25, 0.3) is 0 Å². The molecule has 0 N–H and O–H groups in total. The van der Waals surface area contributed by atoms with Gasteiger partial charge in [0.1, 0.15) is 18.9 Å². The number of aromatic nitrogens is 2. The molecule has 0 saturated heterocycles. The average molecular weight is 365 g/mol. The van der Waals surface area contributed by atoms with Gasteiger partial charge in [-0.1, -0.05) is 12.1 Å². The highest BCUT2D eigenvalue weighted by Crippen LogP contribution is 2.24. The van der Waals surface area contributed by atoms with Gasteiger partial charge in [0, 0.05) is 25.0 Å². The largest absolute Gasteiger partial charge is 0.406 e. The maximum Gasteiger partial charge on any atom is 0.406 e. The van der Waals surface area contributed by atoms with E-state index in [-0.39, 0.29) is 12.4 Å². The molecular formula is C18H15F4N3O. The van der Waals surface area contributed by atoms with Crippen LogP contribution in [0.5, 0.6) is 0 Å². The molecule has 136 valence electrons. The van der Waals surface area contributed by atoms with Crippen LogP contribution in [0.1, 0.15) is 0 Å². The Hall–Kier alpha value is -2.90. The second-order valence-corrected chi connectivity index (χ2v) is 5.94. The Kier molecular flexibility index (Phi) is 4.67. The van der Waals surface area contributed by atoms with Crippen molar-refractivity contribution in [3.63, 3.8) is 0 Å². The summed E-state index contributed by atoms with van der Waals surface area (Å²) < 4.78 is 51.9. The lowest BCUT2D eigenvalue weighted by molar-refractivity contribution is -0.158. The van der Waals surface area contributed by atoms with Crippen molar-refractivity contribution in [3.8, 4) is 11.1 Å². The van der Waals surface area contributed by atoms with Crippen molar-refractivity contribution >= 4 is 16.9 Å². The Balaban J connectivity index is 1.86. The highest BCUT2D eigenvalue weighted by molar-refractivity contribution is 5.84. The number of alkyl halides is 3. The molecule has 0 fully saturated rings. The lowest BCUT2D eigenvalue weighted by Gasteiger charge is -2.19. The number of carbonyl (C=O) groups excluding carboxylic acids is 1. The average Bonchev–Trinajstić information content (AvgIpc) is 2.96. The molecular weight excluding hydrogens is 350 g/mol. The molecule has 0 aliphatic heterocycles. The van der Waals surface area contributed by atoms with Crippen molar-refractivity contribution in [2.24, 2.45) is 0 Å². The number of amides is 1. The van der Waals surface area contributed by atoms with Crippen LogP contribution >= 0.6 is 0 Å². The van der Waals surface area contributed by atoms with E-state index in [9.17, 15) is 22.4 Å². The molecule has 2 heterocycles. The fraction of sp³-hybridized carbons (Fsp3) is 0.222. The van der Waals surface area contributed by atoms with Crippen molar-refractivity contribution in [1.82, 2.24) is 14.5 Å². The quantitative estimate of drug-likeness (QED) is 0.659. The molecule has 0 saturated carbocycles. The number of hydrogen-bond acceptors (Lipinski definition) is 2. The van der Waals surface area contributed by atoms with Gasteiger partial charge in [0.05, 0.1) is 11.0 Å². The molecule has 0 radical (unpaired) electrons. The molecule has 3 rings (SSSR count). The summed E-state index contributed by atoms with van der Waals surface area (Å²) in [4.78, 5) is 17.0. The smallest absolute Gasteiger partial charge is 0.337 e. The molecule has 0 unspecified atom stereocenters. The number of hydrogen-bond donors (Lipinski definition) is 0. The van der Waals surface area contributed by atoms with E-state index in [2.05, 4.69) is 4.98 Å². The van der Waals surface area contributed by atoms with Crippen molar-refractivity contribution in [2.75, 3.05) is 13.6 Å². The van der Waals surface area contributed by atoms with Gasteiger partial charge in [-0.25, -0.2) is 4.39 Å². The van der Waals surface area contributed by atoms with Crippen LogP contribution in [0.2, 0.25) is 0 Å². The van der Waals surface area contributed by atoms with Gasteiger partial charge in [-0.05, 0) is 29.8 Å². The number of halogens is 4. The fourth-order valence-corrected chi connectivity index (χ4v) is 2.62. The summed E-state index contributed by atoms with van der Waals surface area (Å²) in [6.45, 7) is -1.53. The minimum absolute atomic E-state index is 0.232. The first kappa shape index (κ1) is 17.9. The molecule has 26 heavy (non-hydrogen) atoms. The van der Waals surface area contributed by atoms with Crippen LogP contribution in [0.3, 0.4) is 0 Å². The number of pyridine rings is 1. The molecule has 2 aromatic heterocycles. The minimum Gasteiger partial charge on any atom is -0.337 e. The topological polar surface area (TPSA) is 38.1 Å². The zero-order valence-electron chi connectivity index (χ0n) is 13.8. The van der Waals surface area contributed by atoms with Crippen molar-refractivity contribution in [3.05, 3.63) is 54.6 Å². The molecule has 1 aromatic carbocycles. The Morgan fingerprint density at radius 2 is 1.85 bits per heavy atom. The second-order valence-electron chi connectivity index (χ2n) is 5.94.